The van der Waals surface area contributed by atoms with Crippen LogP contribution >= 0.6 is 0 Å². The molecule has 188 valence electrons. The SMILES string of the molecule is COCOc1cccc(OCOC)c1[C@@H](/C=C/CCc1ccccc1)CO[Si](C)(C)C(C)(C)C. The maximum absolute atomic E-state index is 6.66. The van der Waals surface area contributed by atoms with Gasteiger partial charge in [0, 0.05) is 32.3 Å². The Kier molecular flexibility index (Phi) is 11.3. The highest BCUT2D eigenvalue weighted by Gasteiger charge is 2.38. The minimum atomic E-state index is -1.95. The average molecular weight is 487 g/mol. The second kappa shape index (κ2) is 13.7. The van der Waals surface area contributed by atoms with Gasteiger partial charge in [0.05, 0.1) is 0 Å². The standard InChI is InChI=1S/C28H42O5Si/c1-28(2,3)34(6,7)33-20-24(17-12-11-16-23-14-9-8-10-15-23)27-25(31-21-29-4)18-13-19-26(27)32-22-30-5/h8-10,12-15,17-19,24H,11,16,20-22H2,1-7H3/b17-12+/t24-/m0/s1. The quantitative estimate of drug-likeness (QED) is 0.164. The lowest BCUT2D eigenvalue weighted by molar-refractivity contribution is 0.0440. The summed E-state index contributed by atoms with van der Waals surface area (Å²) >= 11 is 0. The Morgan fingerprint density at radius 1 is 0.853 bits per heavy atom. The molecular formula is C28H42O5Si. The molecule has 5 nitrogen and oxygen atoms in total. The number of hydrogen-bond acceptors (Lipinski definition) is 5. The fourth-order valence-corrected chi connectivity index (χ4v) is 4.32. The van der Waals surface area contributed by atoms with Gasteiger partial charge in [0.15, 0.2) is 21.9 Å². The lowest BCUT2D eigenvalue weighted by Gasteiger charge is -2.37. The van der Waals surface area contributed by atoms with E-state index in [0.29, 0.717) is 6.61 Å². The largest absolute Gasteiger partial charge is 0.467 e. The average Bonchev–Trinajstić information content (AvgIpc) is 2.81. The van der Waals surface area contributed by atoms with Crippen LogP contribution in [0, 0.1) is 0 Å². The van der Waals surface area contributed by atoms with Gasteiger partial charge in [-0.1, -0.05) is 69.3 Å². The normalized spacial score (nSPS) is 13.3. The number of hydrogen-bond donors (Lipinski definition) is 0. The molecular weight excluding hydrogens is 444 g/mol. The van der Waals surface area contributed by atoms with Gasteiger partial charge in [-0.05, 0) is 48.7 Å². The van der Waals surface area contributed by atoms with Gasteiger partial charge in [-0.3, -0.25) is 0 Å². The van der Waals surface area contributed by atoms with Crippen LogP contribution in [0.25, 0.3) is 0 Å². The maximum atomic E-state index is 6.66. The molecule has 0 aliphatic carbocycles. The van der Waals surface area contributed by atoms with E-state index in [1.807, 2.05) is 24.3 Å². The van der Waals surface area contributed by atoms with Crippen molar-refractivity contribution in [3.63, 3.8) is 0 Å². The second-order valence-electron chi connectivity index (χ2n) is 9.90. The van der Waals surface area contributed by atoms with Gasteiger partial charge in [-0.2, -0.15) is 0 Å². The van der Waals surface area contributed by atoms with Gasteiger partial charge in [-0.25, -0.2) is 0 Å². The van der Waals surface area contributed by atoms with E-state index in [1.54, 1.807) is 14.2 Å². The maximum Gasteiger partial charge on any atom is 0.192 e. The molecule has 2 aromatic rings. The van der Waals surface area contributed by atoms with Crippen LogP contribution in [0.5, 0.6) is 11.5 Å². The molecule has 2 aromatic carbocycles. The first-order chi connectivity index (χ1) is 16.2. The summed E-state index contributed by atoms with van der Waals surface area (Å²) in [6, 6.07) is 16.4. The van der Waals surface area contributed by atoms with Crippen molar-refractivity contribution in [1.29, 1.82) is 0 Å². The van der Waals surface area contributed by atoms with Crippen molar-refractivity contribution in [3.05, 3.63) is 71.8 Å². The van der Waals surface area contributed by atoms with Gasteiger partial charge in [0.25, 0.3) is 0 Å². The Morgan fingerprint density at radius 2 is 1.44 bits per heavy atom. The van der Waals surface area contributed by atoms with Gasteiger partial charge in [0.2, 0.25) is 0 Å². The minimum absolute atomic E-state index is 0.0372. The van der Waals surface area contributed by atoms with Crippen molar-refractivity contribution in [1.82, 2.24) is 0 Å². The third kappa shape index (κ3) is 8.58. The van der Waals surface area contributed by atoms with Crippen molar-refractivity contribution >= 4 is 8.32 Å². The van der Waals surface area contributed by atoms with Crippen LogP contribution in [0.15, 0.2) is 60.7 Å². The van der Waals surface area contributed by atoms with Crippen molar-refractivity contribution in [2.24, 2.45) is 0 Å². The zero-order valence-electron chi connectivity index (χ0n) is 21.9. The third-order valence-corrected chi connectivity index (χ3v) is 10.8. The fraction of sp³-hybridized carbons (Fsp3) is 0.500. The molecule has 0 N–H and O–H groups in total. The van der Waals surface area contributed by atoms with E-state index in [4.69, 9.17) is 23.4 Å². The highest BCUT2D eigenvalue weighted by atomic mass is 28.4. The van der Waals surface area contributed by atoms with Crippen molar-refractivity contribution in [3.8, 4) is 11.5 Å². The summed E-state index contributed by atoms with van der Waals surface area (Å²) in [6.07, 6.45) is 6.39. The van der Waals surface area contributed by atoms with Crippen LogP contribution in [0.3, 0.4) is 0 Å². The molecule has 2 rings (SSSR count). The third-order valence-electron chi connectivity index (χ3n) is 6.30. The molecule has 0 amide bonds. The van der Waals surface area contributed by atoms with E-state index in [2.05, 4.69) is 70.3 Å². The number of methoxy groups -OCH3 is 2. The van der Waals surface area contributed by atoms with Gasteiger partial charge in [-0.15, -0.1) is 0 Å². The van der Waals surface area contributed by atoms with E-state index in [-0.39, 0.29) is 24.5 Å². The Bertz CT molecular complexity index is 848. The van der Waals surface area contributed by atoms with Crippen LogP contribution in [0.2, 0.25) is 18.1 Å². The molecule has 0 aromatic heterocycles. The van der Waals surface area contributed by atoms with E-state index in [1.165, 1.54) is 5.56 Å². The topological polar surface area (TPSA) is 46.2 Å². The molecule has 0 spiro atoms. The molecule has 1 atom stereocenters. The summed E-state index contributed by atoms with van der Waals surface area (Å²) in [5, 5.41) is 0.121. The molecule has 0 saturated heterocycles. The number of rotatable bonds is 14. The summed E-state index contributed by atoms with van der Waals surface area (Å²) in [5.74, 6) is 1.42. The Balaban J connectivity index is 2.35. The highest BCUT2D eigenvalue weighted by Crippen LogP contribution is 2.40. The van der Waals surface area contributed by atoms with E-state index in [0.717, 1.165) is 29.9 Å². The molecule has 0 aliphatic rings. The van der Waals surface area contributed by atoms with Crippen LogP contribution in [0.1, 0.15) is 44.2 Å². The zero-order chi connectivity index (χ0) is 25.0. The first-order valence-electron chi connectivity index (χ1n) is 11.9. The number of ether oxygens (including phenoxy) is 4. The summed E-state index contributed by atoms with van der Waals surface area (Å²) in [4.78, 5) is 0. The van der Waals surface area contributed by atoms with Crippen LogP contribution in [-0.4, -0.2) is 42.7 Å². The predicted octanol–water partition coefficient (Wildman–Crippen LogP) is 6.95. The van der Waals surface area contributed by atoms with Crippen LogP contribution < -0.4 is 9.47 Å². The first kappa shape index (κ1) is 28.1. The molecule has 0 bridgehead atoms. The second-order valence-corrected chi connectivity index (χ2v) is 14.7. The molecule has 0 heterocycles. The molecule has 0 aliphatic heterocycles. The summed E-state index contributed by atoms with van der Waals surface area (Å²) in [5.41, 5.74) is 2.28. The van der Waals surface area contributed by atoms with Gasteiger partial charge >= 0.3 is 0 Å². The van der Waals surface area contributed by atoms with E-state index >= 15 is 0 Å². The van der Waals surface area contributed by atoms with Crippen molar-refractivity contribution in [2.45, 2.75) is 57.7 Å². The molecule has 0 radical (unpaired) electrons. The van der Waals surface area contributed by atoms with E-state index in [9.17, 15) is 0 Å². The van der Waals surface area contributed by atoms with Gasteiger partial charge in [0.1, 0.15) is 11.5 Å². The minimum Gasteiger partial charge on any atom is -0.467 e. The smallest absolute Gasteiger partial charge is 0.192 e. The monoisotopic (exact) mass is 486 g/mol. The highest BCUT2D eigenvalue weighted by molar-refractivity contribution is 6.74. The number of aryl methyl sites for hydroxylation is 1. The Hall–Kier alpha value is -2.12. The van der Waals surface area contributed by atoms with Crippen LogP contribution in [0.4, 0.5) is 0 Å². The number of benzene rings is 2. The molecule has 0 fully saturated rings. The summed E-state index contributed by atoms with van der Waals surface area (Å²) < 4.78 is 28.9. The number of allylic oxidation sites excluding steroid dienone is 1. The van der Waals surface area contributed by atoms with Gasteiger partial charge < -0.3 is 23.4 Å². The fourth-order valence-electron chi connectivity index (χ4n) is 3.29. The summed E-state index contributed by atoms with van der Waals surface area (Å²) in [7, 11) is 1.28. The first-order valence-corrected chi connectivity index (χ1v) is 14.8. The lowest BCUT2D eigenvalue weighted by atomic mass is 9.96. The molecule has 0 saturated carbocycles. The Morgan fingerprint density at radius 3 is 1.97 bits per heavy atom. The van der Waals surface area contributed by atoms with Crippen molar-refractivity contribution in [2.75, 3.05) is 34.4 Å². The molecule has 0 unspecified atom stereocenters. The predicted molar refractivity (Wildman–Crippen MR) is 141 cm³/mol. The lowest BCUT2D eigenvalue weighted by Crippen LogP contribution is -2.41. The summed E-state index contributed by atoms with van der Waals surface area (Å²) in [6.45, 7) is 12.2. The Labute approximate surface area is 207 Å². The van der Waals surface area contributed by atoms with Crippen LogP contribution in [-0.2, 0) is 20.3 Å². The van der Waals surface area contributed by atoms with E-state index < -0.39 is 8.32 Å². The zero-order valence-corrected chi connectivity index (χ0v) is 22.9. The van der Waals surface area contributed by atoms with Crippen molar-refractivity contribution < 1.29 is 23.4 Å². The molecule has 6 heteroatoms. The molecule has 34 heavy (non-hydrogen) atoms.